The fourth-order valence-electron chi connectivity index (χ4n) is 3.03. The number of carbonyl (C=O) groups is 2. The van der Waals surface area contributed by atoms with Gasteiger partial charge in [0.1, 0.15) is 0 Å². The number of benzene rings is 1. The number of rotatable bonds is 5. The average molecular weight is 331 g/mol. The Labute approximate surface area is 140 Å². The van der Waals surface area contributed by atoms with E-state index in [4.69, 9.17) is 0 Å². The molecular formula is C17H21N3O4. The summed E-state index contributed by atoms with van der Waals surface area (Å²) >= 11 is 0. The molecule has 0 unspecified atom stereocenters. The minimum atomic E-state index is -0.458. The number of nitro benzene ring substituents is 1. The summed E-state index contributed by atoms with van der Waals surface area (Å²) in [5.74, 6) is 0.430. The lowest BCUT2D eigenvalue weighted by Crippen LogP contribution is -2.47. The number of amides is 2. The molecule has 2 amide bonds. The molecule has 2 aliphatic rings. The van der Waals surface area contributed by atoms with Gasteiger partial charge in [0.25, 0.3) is 5.69 Å². The van der Waals surface area contributed by atoms with Crippen molar-refractivity contribution in [1.82, 2.24) is 10.2 Å². The van der Waals surface area contributed by atoms with Crippen LogP contribution >= 0.6 is 0 Å². The number of carbonyl (C=O) groups excluding carboxylic acids is 2. The van der Waals surface area contributed by atoms with E-state index in [1.165, 1.54) is 12.1 Å². The molecule has 0 radical (unpaired) electrons. The van der Waals surface area contributed by atoms with Crippen molar-refractivity contribution < 1.29 is 14.5 Å². The first-order valence-electron chi connectivity index (χ1n) is 8.34. The van der Waals surface area contributed by atoms with Gasteiger partial charge in [0.15, 0.2) is 0 Å². The van der Waals surface area contributed by atoms with Gasteiger partial charge in [-0.3, -0.25) is 19.7 Å². The van der Waals surface area contributed by atoms with Crippen molar-refractivity contribution in [3.05, 3.63) is 39.9 Å². The quantitative estimate of drug-likeness (QED) is 0.656. The van der Waals surface area contributed by atoms with Crippen LogP contribution in [0.2, 0.25) is 0 Å². The minimum Gasteiger partial charge on any atom is -0.353 e. The van der Waals surface area contributed by atoms with E-state index in [0.29, 0.717) is 13.1 Å². The zero-order valence-electron chi connectivity index (χ0n) is 13.4. The highest BCUT2D eigenvalue weighted by Crippen LogP contribution is 2.31. The molecule has 1 aliphatic carbocycles. The SMILES string of the molecule is O=C(Cc1ccc([N+](=O)[O-])cc1)NC1CCN(C(=O)C2CC2)CC1. The second kappa shape index (κ2) is 6.98. The van der Waals surface area contributed by atoms with Crippen LogP contribution in [0.25, 0.3) is 0 Å². The Kier molecular flexibility index (Phi) is 4.78. The monoisotopic (exact) mass is 331 g/mol. The van der Waals surface area contributed by atoms with Gasteiger partial charge in [-0.25, -0.2) is 0 Å². The largest absolute Gasteiger partial charge is 0.353 e. The maximum atomic E-state index is 12.1. The van der Waals surface area contributed by atoms with Crippen LogP contribution in [0.3, 0.4) is 0 Å². The van der Waals surface area contributed by atoms with E-state index in [-0.39, 0.29) is 35.9 Å². The molecule has 0 atom stereocenters. The predicted molar refractivity (Wildman–Crippen MR) is 87.3 cm³/mol. The summed E-state index contributed by atoms with van der Waals surface area (Å²) in [5, 5.41) is 13.6. The van der Waals surface area contributed by atoms with Crippen LogP contribution in [-0.4, -0.2) is 40.8 Å². The standard InChI is InChI=1S/C17H21N3O4/c21-16(11-12-1-5-15(6-2-12)20(23)24)18-14-7-9-19(10-8-14)17(22)13-3-4-13/h1-2,5-6,13-14H,3-4,7-11H2,(H,18,21). The molecule has 1 heterocycles. The summed E-state index contributed by atoms with van der Waals surface area (Å²) < 4.78 is 0. The van der Waals surface area contributed by atoms with Gasteiger partial charge in [-0.15, -0.1) is 0 Å². The van der Waals surface area contributed by atoms with Crippen LogP contribution in [-0.2, 0) is 16.0 Å². The number of piperidine rings is 1. The third-order valence-electron chi connectivity index (χ3n) is 4.61. The van der Waals surface area contributed by atoms with E-state index >= 15 is 0 Å². The zero-order valence-corrected chi connectivity index (χ0v) is 13.4. The Morgan fingerprint density at radius 1 is 1.12 bits per heavy atom. The number of non-ortho nitro benzene ring substituents is 1. The van der Waals surface area contributed by atoms with E-state index in [9.17, 15) is 19.7 Å². The van der Waals surface area contributed by atoms with Gasteiger partial charge in [0, 0.05) is 37.2 Å². The molecule has 1 aromatic rings. The molecule has 3 rings (SSSR count). The van der Waals surface area contributed by atoms with Crippen LogP contribution in [0, 0.1) is 16.0 Å². The molecule has 0 bridgehead atoms. The van der Waals surface area contributed by atoms with Gasteiger partial charge in [-0.1, -0.05) is 12.1 Å². The van der Waals surface area contributed by atoms with E-state index in [0.717, 1.165) is 31.2 Å². The lowest BCUT2D eigenvalue weighted by molar-refractivity contribution is -0.384. The Balaban J connectivity index is 1.43. The first kappa shape index (κ1) is 16.4. The Hall–Kier alpha value is -2.44. The lowest BCUT2D eigenvalue weighted by Gasteiger charge is -2.32. The minimum absolute atomic E-state index is 0.0202. The van der Waals surface area contributed by atoms with E-state index in [1.807, 2.05) is 4.90 Å². The zero-order chi connectivity index (χ0) is 17.1. The maximum absolute atomic E-state index is 12.1. The molecule has 0 spiro atoms. The fourth-order valence-corrected chi connectivity index (χ4v) is 3.03. The van der Waals surface area contributed by atoms with Gasteiger partial charge in [0.2, 0.25) is 11.8 Å². The summed E-state index contributed by atoms with van der Waals surface area (Å²) in [5.41, 5.74) is 0.770. The molecule has 7 heteroatoms. The number of hydrogen-bond donors (Lipinski definition) is 1. The molecule has 24 heavy (non-hydrogen) atoms. The van der Waals surface area contributed by atoms with Crippen molar-refractivity contribution >= 4 is 17.5 Å². The molecule has 0 aromatic heterocycles. The highest BCUT2D eigenvalue weighted by molar-refractivity contribution is 5.81. The Morgan fingerprint density at radius 3 is 2.29 bits per heavy atom. The van der Waals surface area contributed by atoms with Crippen molar-refractivity contribution in [3.8, 4) is 0 Å². The van der Waals surface area contributed by atoms with Crippen LogP contribution < -0.4 is 5.32 Å². The normalized spacial score (nSPS) is 18.2. The molecule has 128 valence electrons. The van der Waals surface area contributed by atoms with Crippen LogP contribution in [0.5, 0.6) is 0 Å². The topological polar surface area (TPSA) is 92.5 Å². The summed E-state index contributed by atoms with van der Waals surface area (Å²) in [7, 11) is 0. The highest BCUT2D eigenvalue weighted by Gasteiger charge is 2.35. The third-order valence-corrected chi connectivity index (χ3v) is 4.61. The van der Waals surface area contributed by atoms with Crippen LogP contribution in [0.4, 0.5) is 5.69 Å². The van der Waals surface area contributed by atoms with Gasteiger partial charge in [-0.2, -0.15) is 0 Å². The van der Waals surface area contributed by atoms with Gasteiger partial charge in [-0.05, 0) is 31.2 Å². The molecule has 1 saturated heterocycles. The summed E-state index contributed by atoms with van der Waals surface area (Å²) in [4.78, 5) is 36.2. The second-order valence-electron chi connectivity index (χ2n) is 6.54. The van der Waals surface area contributed by atoms with Crippen molar-refractivity contribution in [2.45, 2.75) is 38.1 Å². The first-order valence-corrected chi connectivity index (χ1v) is 8.34. The highest BCUT2D eigenvalue weighted by atomic mass is 16.6. The lowest BCUT2D eigenvalue weighted by atomic mass is 10.0. The Bertz CT molecular complexity index is 632. The smallest absolute Gasteiger partial charge is 0.269 e. The number of nitro groups is 1. The van der Waals surface area contributed by atoms with Gasteiger partial charge < -0.3 is 10.2 Å². The van der Waals surface area contributed by atoms with Crippen molar-refractivity contribution in [3.63, 3.8) is 0 Å². The molecule has 1 aromatic carbocycles. The van der Waals surface area contributed by atoms with E-state index in [1.54, 1.807) is 12.1 Å². The van der Waals surface area contributed by atoms with E-state index in [2.05, 4.69) is 5.32 Å². The molecule has 1 N–H and O–H groups in total. The molecule has 7 nitrogen and oxygen atoms in total. The summed E-state index contributed by atoms with van der Waals surface area (Å²) in [6.45, 7) is 1.41. The van der Waals surface area contributed by atoms with Crippen molar-refractivity contribution in [2.24, 2.45) is 5.92 Å². The summed E-state index contributed by atoms with van der Waals surface area (Å²) in [6.07, 6.45) is 3.81. The number of hydrogen-bond acceptors (Lipinski definition) is 4. The first-order chi connectivity index (χ1) is 11.5. The number of nitrogens with one attached hydrogen (secondary N) is 1. The molecule has 1 saturated carbocycles. The van der Waals surface area contributed by atoms with Gasteiger partial charge in [0.05, 0.1) is 11.3 Å². The number of nitrogens with zero attached hydrogens (tertiary/aromatic N) is 2. The third kappa shape index (κ3) is 4.10. The second-order valence-corrected chi connectivity index (χ2v) is 6.54. The number of likely N-dealkylation sites (tertiary alicyclic amines) is 1. The molecular weight excluding hydrogens is 310 g/mol. The molecule has 1 aliphatic heterocycles. The predicted octanol–water partition coefficient (Wildman–Crippen LogP) is 1.65. The maximum Gasteiger partial charge on any atom is 0.269 e. The summed E-state index contributed by atoms with van der Waals surface area (Å²) in [6, 6.07) is 6.12. The molecule has 2 fully saturated rings. The van der Waals surface area contributed by atoms with Crippen molar-refractivity contribution in [1.29, 1.82) is 0 Å². The fraction of sp³-hybridized carbons (Fsp3) is 0.529. The van der Waals surface area contributed by atoms with Gasteiger partial charge >= 0.3 is 0 Å². The Morgan fingerprint density at radius 2 is 1.75 bits per heavy atom. The van der Waals surface area contributed by atoms with Crippen LogP contribution in [0.15, 0.2) is 24.3 Å². The average Bonchev–Trinajstić information content (AvgIpc) is 3.40. The van der Waals surface area contributed by atoms with Crippen molar-refractivity contribution in [2.75, 3.05) is 13.1 Å². The van der Waals surface area contributed by atoms with E-state index < -0.39 is 4.92 Å². The van der Waals surface area contributed by atoms with Crippen LogP contribution in [0.1, 0.15) is 31.2 Å².